The van der Waals surface area contributed by atoms with Crippen molar-refractivity contribution in [2.45, 2.75) is 45.1 Å². The van der Waals surface area contributed by atoms with Crippen LogP contribution in [0.3, 0.4) is 0 Å². The van der Waals surface area contributed by atoms with E-state index in [4.69, 9.17) is 4.74 Å². The Bertz CT molecular complexity index is 716. The van der Waals surface area contributed by atoms with Crippen molar-refractivity contribution in [3.05, 3.63) is 54.4 Å². The molecule has 1 saturated carbocycles. The van der Waals surface area contributed by atoms with Crippen LogP contribution in [0.5, 0.6) is 0 Å². The molecule has 1 heterocycles. The van der Waals surface area contributed by atoms with E-state index in [1.807, 2.05) is 41.2 Å². The van der Waals surface area contributed by atoms with Crippen molar-refractivity contribution < 1.29 is 14.3 Å². The molecule has 138 valence electrons. The first kappa shape index (κ1) is 18.2. The first-order valence-electron chi connectivity index (χ1n) is 9.35. The molecule has 1 aromatic heterocycles. The molecule has 1 aliphatic carbocycles. The Hall–Kier alpha value is -2.56. The average Bonchev–Trinajstić information content (AvgIpc) is 3.21. The lowest BCUT2D eigenvalue weighted by Crippen LogP contribution is -2.38. The predicted octanol–water partition coefficient (Wildman–Crippen LogP) is 3.72. The number of carbonyl (C=O) groups is 2. The number of nitrogens with one attached hydrogen (secondary N) is 1. The lowest BCUT2D eigenvalue weighted by Gasteiger charge is -2.22. The number of benzene rings is 1. The fourth-order valence-electron chi connectivity index (χ4n) is 3.34. The minimum Gasteiger partial charge on any atom is -0.449 e. The third-order valence-electron chi connectivity index (χ3n) is 4.95. The number of rotatable bonds is 6. The lowest BCUT2D eigenvalue weighted by molar-refractivity contribution is -0.129. The molecule has 1 atom stereocenters. The maximum atomic E-state index is 12.3. The van der Waals surface area contributed by atoms with Gasteiger partial charge >= 0.3 is 5.97 Å². The maximum Gasteiger partial charge on any atom is 0.338 e. The van der Waals surface area contributed by atoms with E-state index >= 15 is 0 Å². The molecule has 3 rings (SSSR count). The molecule has 5 nitrogen and oxygen atoms in total. The summed E-state index contributed by atoms with van der Waals surface area (Å²) in [4.78, 5) is 24.4. The van der Waals surface area contributed by atoms with E-state index in [0.29, 0.717) is 18.0 Å². The van der Waals surface area contributed by atoms with Gasteiger partial charge in [0.05, 0.1) is 5.56 Å². The van der Waals surface area contributed by atoms with E-state index in [0.717, 1.165) is 5.69 Å². The quantitative estimate of drug-likeness (QED) is 0.804. The zero-order valence-corrected chi connectivity index (χ0v) is 15.2. The first-order valence-corrected chi connectivity index (χ1v) is 9.35. The summed E-state index contributed by atoms with van der Waals surface area (Å²) < 4.78 is 7.27. The van der Waals surface area contributed by atoms with Gasteiger partial charge in [0, 0.05) is 24.6 Å². The normalized spacial score (nSPS) is 16.0. The number of amides is 1. The Kier molecular flexibility index (Phi) is 6.10. The molecule has 26 heavy (non-hydrogen) atoms. The highest BCUT2D eigenvalue weighted by molar-refractivity contribution is 5.92. The Morgan fingerprint density at radius 1 is 1.12 bits per heavy atom. The van der Waals surface area contributed by atoms with Gasteiger partial charge in [-0.25, -0.2) is 4.79 Å². The number of carbonyl (C=O) groups excluding carboxylic acids is 2. The second-order valence-electron chi connectivity index (χ2n) is 6.93. The van der Waals surface area contributed by atoms with Gasteiger partial charge in [0.1, 0.15) is 0 Å². The van der Waals surface area contributed by atoms with Crippen molar-refractivity contribution in [1.29, 1.82) is 0 Å². The second-order valence-corrected chi connectivity index (χ2v) is 6.93. The monoisotopic (exact) mass is 354 g/mol. The number of esters is 1. The molecule has 0 saturated heterocycles. The van der Waals surface area contributed by atoms with Crippen LogP contribution in [0, 0.1) is 5.92 Å². The van der Waals surface area contributed by atoms with Crippen molar-refractivity contribution >= 4 is 11.9 Å². The molecule has 1 N–H and O–H groups in total. The van der Waals surface area contributed by atoms with Crippen LogP contribution in [0.15, 0.2) is 48.8 Å². The van der Waals surface area contributed by atoms with E-state index in [-0.39, 0.29) is 5.91 Å². The minimum absolute atomic E-state index is 0.229. The molecule has 5 heteroatoms. The van der Waals surface area contributed by atoms with Crippen molar-refractivity contribution in [2.24, 2.45) is 5.92 Å². The zero-order chi connectivity index (χ0) is 18.4. The van der Waals surface area contributed by atoms with Crippen molar-refractivity contribution in [3.63, 3.8) is 0 Å². The molecule has 1 unspecified atom stereocenters. The van der Waals surface area contributed by atoms with Gasteiger partial charge in [-0.05, 0) is 62.1 Å². The highest BCUT2D eigenvalue weighted by Gasteiger charge is 2.20. The molecule has 1 aromatic carbocycles. The molecule has 1 fully saturated rings. The van der Waals surface area contributed by atoms with E-state index in [1.165, 1.54) is 32.1 Å². The van der Waals surface area contributed by atoms with Crippen LogP contribution in [0.4, 0.5) is 0 Å². The molecule has 1 aliphatic rings. The summed E-state index contributed by atoms with van der Waals surface area (Å²) in [5.41, 5.74) is 1.40. The van der Waals surface area contributed by atoms with Gasteiger partial charge in [-0.1, -0.05) is 19.3 Å². The van der Waals surface area contributed by atoms with Gasteiger partial charge < -0.3 is 14.6 Å². The molecular formula is C21H26N2O3. The highest BCUT2D eigenvalue weighted by Crippen LogP contribution is 2.22. The SMILES string of the molecule is CC(OC(=O)c1ccc(-n2cccc2)cc1)C(=O)NCC1CCCCC1. The van der Waals surface area contributed by atoms with E-state index < -0.39 is 12.1 Å². The fourth-order valence-corrected chi connectivity index (χ4v) is 3.34. The van der Waals surface area contributed by atoms with E-state index in [9.17, 15) is 9.59 Å². The van der Waals surface area contributed by atoms with Gasteiger partial charge in [0.25, 0.3) is 5.91 Å². The molecule has 0 aliphatic heterocycles. The Morgan fingerprint density at radius 2 is 1.77 bits per heavy atom. The topological polar surface area (TPSA) is 60.3 Å². The summed E-state index contributed by atoms with van der Waals surface area (Å²) in [5.74, 6) is -0.158. The highest BCUT2D eigenvalue weighted by atomic mass is 16.5. The van der Waals surface area contributed by atoms with Crippen LogP contribution in [-0.4, -0.2) is 29.1 Å². The summed E-state index contributed by atoms with van der Waals surface area (Å²) in [6.07, 6.45) is 9.19. The fraction of sp³-hybridized carbons (Fsp3) is 0.429. The maximum absolute atomic E-state index is 12.3. The van der Waals surface area contributed by atoms with E-state index in [1.54, 1.807) is 19.1 Å². The van der Waals surface area contributed by atoms with Crippen LogP contribution in [0.25, 0.3) is 5.69 Å². The number of hydrogen-bond acceptors (Lipinski definition) is 3. The predicted molar refractivity (Wildman–Crippen MR) is 100 cm³/mol. The summed E-state index contributed by atoms with van der Waals surface area (Å²) in [5, 5.41) is 2.92. The summed E-state index contributed by atoms with van der Waals surface area (Å²) >= 11 is 0. The third kappa shape index (κ3) is 4.75. The van der Waals surface area contributed by atoms with Crippen LogP contribution >= 0.6 is 0 Å². The van der Waals surface area contributed by atoms with Crippen molar-refractivity contribution in [1.82, 2.24) is 9.88 Å². The van der Waals surface area contributed by atoms with Crippen molar-refractivity contribution in [3.8, 4) is 5.69 Å². The summed E-state index contributed by atoms with van der Waals surface area (Å²) in [7, 11) is 0. The number of hydrogen-bond donors (Lipinski definition) is 1. The standard InChI is InChI=1S/C21H26N2O3/c1-16(20(24)22-15-17-7-3-2-4-8-17)26-21(25)18-9-11-19(12-10-18)23-13-5-6-14-23/h5-6,9-14,16-17H,2-4,7-8,15H2,1H3,(H,22,24). The van der Waals surface area contributed by atoms with Crippen LogP contribution in [-0.2, 0) is 9.53 Å². The summed E-state index contributed by atoms with van der Waals surface area (Å²) in [6, 6.07) is 11.0. The average molecular weight is 354 g/mol. The van der Waals surface area contributed by atoms with Crippen LogP contribution in [0.2, 0.25) is 0 Å². The van der Waals surface area contributed by atoms with Gasteiger partial charge in [-0.15, -0.1) is 0 Å². The third-order valence-corrected chi connectivity index (χ3v) is 4.95. The van der Waals surface area contributed by atoms with Gasteiger partial charge in [-0.2, -0.15) is 0 Å². The van der Waals surface area contributed by atoms with Crippen LogP contribution < -0.4 is 5.32 Å². The van der Waals surface area contributed by atoms with Crippen molar-refractivity contribution in [2.75, 3.05) is 6.54 Å². The van der Waals surface area contributed by atoms with Crippen LogP contribution in [0.1, 0.15) is 49.4 Å². The Morgan fingerprint density at radius 3 is 2.42 bits per heavy atom. The Labute approximate surface area is 154 Å². The first-order chi connectivity index (χ1) is 12.6. The number of nitrogens with zero attached hydrogens (tertiary/aromatic N) is 1. The number of ether oxygens (including phenoxy) is 1. The smallest absolute Gasteiger partial charge is 0.338 e. The summed E-state index contributed by atoms with van der Waals surface area (Å²) in [6.45, 7) is 2.29. The molecule has 2 aromatic rings. The van der Waals surface area contributed by atoms with Gasteiger partial charge in [-0.3, -0.25) is 4.79 Å². The molecule has 0 spiro atoms. The minimum atomic E-state index is -0.796. The lowest BCUT2D eigenvalue weighted by atomic mass is 9.89. The largest absolute Gasteiger partial charge is 0.449 e. The van der Waals surface area contributed by atoms with Gasteiger partial charge in [0.2, 0.25) is 0 Å². The second kappa shape index (κ2) is 8.70. The number of aromatic nitrogens is 1. The Balaban J connectivity index is 1.49. The molecule has 0 radical (unpaired) electrons. The molecule has 0 bridgehead atoms. The zero-order valence-electron chi connectivity index (χ0n) is 15.2. The molecule has 1 amide bonds. The van der Waals surface area contributed by atoms with E-state index in [2.05, 4.69) is 5.32 Å². The molecular weight excluding hydrogens is 328 g/mol. The van der Waals surface area contributed by atoms with Gasteiger partial charge in [0.15, 0.2) is 6.10 Å².